The average molecular weight is 358 g/mol. The van der Waals surface area contributed by atoms with Crippen LogP contribution in [-0.2, 0) is 16.4 Å². The monoisotopic (exact) mass is 358 g/mol. The maximum absolute atomic E-state index is 12.1. The molecule has 0 bridgehead atoms. The number of para-hydroxylation sites is 2. The first kappa shape index (κ1) is 17.1. The number of imidazole rings is 1. The van der Waals surface area contributed by atoms with E-state index in [9.17, 15) is 13.2 Å². The molecule has 0 spiro atoms. The van der Waals surface area contributed by atoms with Gasteiger partial charge in [-0.15, -0.1) is 0 Å². The lowest BCUT2D eigenvalue weighted by Crippen LogP contribution is -2.26. The van der Waals surface area contributed by atoms with Gasteiger partial charge < -0.3 is 10.3 Å². The van der Waals surface area contributed by atoms with Gasteiger partial charge in [-0.25, -0.2) is 18.1 Å². The van der Waals surface area contributed by atoms with E-state index in [0.717, 1.165) is 16.9 Å². The number of hydrogen-bond donors (Lipinski definition) is 3. The van der Waals surface area contributed by atoms with Crippen molar-refractivity contribution in [3.63, 3.8) is 0 Å². The maximum atomic E-state index is 12.1. The number of sulfonamides is 1. The van der Waals surface area contributed by atoms with E-state index in [2.05, 4.69) is 20.0 Å². The van der Waals surface area contributed by atoms with E-state index in [0.29, 0.717) is 18.5 Å². The van der Waals surface area contributed by atoms with Crippen LogP contribution in [0.2, 0.25) is 0 Å². The lowest BCUT2D eigenvalue weighted by molar-refractivity contribution is 0.0954. The Morgan fingerprint density at radius 2 is 1.84 bits per heavy atom. The molecule has 1 aromatic heterocycles. The topological polar surface area (TPSA) is 104 Å². The van der Waals surface area contributed by atoms with Gasteiger partial charge in [0.25, 0.3) is 5.91 Å². The summed E-state index contributed by atoms with van der Waals surface area (Å²) in [6.07, 6.45) is 0.576. The molecule has 0 aliphatic rings. The molecule has 0 atom stereocenters. The van der Waals surface area contributed by atoms with Gasteiger partial charge in [0.15, 0.2) is 0 Å². The Hall–Kier alpha value is -2.71. The molecule has 2 aromatic carbocycles. The first-order valence-electron chi connectivity index (χ1n) is 7.75. The number of hydrogen-bond acceptors (Lipinski definition) is 4. The van der Waals surface area contributed by atoms with Gasteiger partial charge in [-0.1, -0.05) is 12.1 Å². The van der Waals surface area contributed by atoms with Crippen LogP contribution in [0.5, 0.6) is 0 Å². The number of nitrogens with one attached hydrogen (secondary N) is 3. The number of nitrogens with zero attached hydrogens (tertiary/aromatic N) is 1. The van der Waals surface area contributed by atoms with Crippen molar-refractivity contribution in [2.75, 3.05) is 13.6 Å². The second kappa shape index (κ2) is 7.04. The van der Waals surface area contributed by atoms with Crippen molar-refractivity contribution in [2.45, 2.75) is 11.3 Å². The van der Waals surface area contributed by atoms with Crippen molar-refractivity contribution < 1.29 is 13.2 Å². The van der Waals surface area contributed by atoms with E-state index in [1.165, 1.54) is 31.3 Å². The summed E-state index contributed by atoms with van der Waals surface area (Å²) < 4.78 is 25.6. The van der Waals surface area contributed by atoms with Crippen molar-refractivity contribution in [1.29, 1.82) is 0 Å². The van der Waals surface area contributed by atoms with Crippen LogP contribution < -0.4 is 10.0 Å². The summed E-state index contributed by atoms with van der Waals surface area (Å²) in [5.41, 5.74) is 2.26. The minimum absolute atomic E-state index is 0.119. The molecule has 0 fully saturated rings. The summed E-state index contributed by atoms with van der Waals surface area (Å²) >= 11 is 0. The predicted octanol–water partition coefficient (Wildman–Crippen LogP) is 1.44. The van der Waals surface area contributed by atoms with Gasteiger partial charge in [-0.05, 0) is 43.4 Å². The van der Waals surface area contributed by atoms with Gasteiger partial charge in [0.1, 0.15) is 5.82 Å². The van der Waals surface area contributed by atoms with Crippen molar-refractivity contribution in [3.8, 4) is 0 Å². The average Bonchev–Trinajstić information content (AvgIpc) is 3.04. The van der Waals surface area contributed by atoms with E-state index in [1.54, 1.807) is 0 Å². The Morgan fingerprint density at radius 1 is 1.12 bits per heavy atom. The summed E-state index contributed by atoms with van der Waals surface area (Å²) in [6.45, 7) is 0.426. The summed E-state index contributed by atoms with van der Waals surface area (Å²) in [5, 5.41) is 2.80. The Labute approximate surface area is 145 Å². The molecule has 0 saturated heterocycles. The predicted molar refractivity (Wildman–Crippen MR) is 94.8 cm³/mol. The van der Waals surface area contributed by atoms with Gasteiger partial charge in [-0.3, -0.25) is 4.79 Å². The smallest absolute Gasteiger partial charge is 0.251 e. The quantitative estimate of drug-likeness (QED) is 0.620. The van der Waals surface area contributed by atoms with Crippen LogP contribution in [0.25, 0.3) is 11.0 Å². The number of aromatic nitrogens is 2. The summed E-state index contributed by atoms with van der Waals surface area (Å²) in [5.74, 6) is 0.543. The maximum Gasteiger partial charge on any atom is 0.251 e. The third-order valence-electron chi connectivity index (χ3n) is 3.78. The Bertz CT molecular complexity index is 961. The summed E-state index contributed by atoms with van der Waals surface area (Å²) in [7, 11) is -2.16. The molecule has 0 radical (unpaired) electrons. The Kier molecular flexibility index (Phi) is 4.82. The van der Waals surface area contributed by atoms with Gasteiger partial charge >= 0.3 is 0 Å². The number of rotatable bonds is 6. The molecule has 25 heavy (non-hydrogen) atoms. The Morgan fingerprint density at radius 3 is 2.52 bits per heavy atom. The Balaban J connectivity index is 1.59. The molecule has 1 heterocycles. The van der Waals surface area contributed by atoms with E-state index in [-0.39, 0.29) is 10.8 Å². The van der Waals surface area contributed by atoms with Gasteiger partial charge in [0.05, 0.1) is 15.9 Å². The summed E-state index contributed by atoms with van der Waals surface area (Å²) in [6, 6.07) is 13.5. The van der Waals surface area contributed by atoms with Crippen molar-refractivity contribution in [2.24, 2.45) is 0 Å². The second-order valence-electron chi connectivity index (χ2n) is 5.44. The van der Waals surface area contributed by atoms with Crippen LogP contribution in [0.4, 0.5) is 0 Å². The molecule has 0 saturated carbocycles. The molecular formula is C17H18N4O3S. The van der Waals surface area contributed by atoms with Gasteiger partial charge in [-0.2, -0.15) is 0 Å². The molecule has 0 aliphatic carbocycles. The van der Waals surface area contributed by atoms with Crippen LogP contribution >= 0.6 is 0 Å². The lowest BCUT2D eigenvalue weighted by atomic mass is 10.2. The fourth-order valence-electron chi connectivity index (χ4n) is 2.42. The zero-order chi connectivity index (χ0) is 17.9. The standard InChI is InChI=1S/C17H18N4O3S/c1-18-25(23,24)13-8-6-12(7-9-13)17(22)19-11-10-16-20-14-4-2-3-5-15(14)21-16/h2-9,18H,10-11H2,1H3,(H,19,22)(H,20,21). The highest BCUT2D eigenvalue weighted by Crippen LogP contribution is 2.11. The number of carbonyl (C=O) groups excluding carboxylic acids is 1. The lowest BCUT2D eigenvalue weighted by Gasteiger charge is -2.06. The number of carbonyl (C=O) groups is 1. The molecule has 0 aliphatic heterocycles. The molecule has 3 aromatic rings. The highest BCUT2D eigenvalue weighted by atomic mass is 32.2. The van der Waals surface area contributed by atoms with Crippen molar-refractivity contribution in [3.05, 3.63) is 59.9 Å². The van der Waals surface area contributed by atoms with Crippen molar-refractivity contribution in [1.82, 2.24) is 20.0 Å². The molecule has 130 valence electrons. The highest BCUT2D eigenvalue weighted by Gasteiger charge is 2.12. The van der Waals surface area contributed by atoms with Crippen LogP contribution in [0.3, 0.4) is 0 Å². The van der Waals surface area contributed by atoms with Crippen LogP contribution in [0, 0.1) is 0 Å². The van der Waals surface area contributed by atoms with Crippen LogP contribution in [-0.4, -0.2) is 37.9 Å². The van der Waals surface area contributed by atoms with Crippen LogP contribution in [0.1, 0.15) is 16.2 Å². The van der Waals surface area contributed by atoms with E-state index >= 15 is 0 Å². The fourth-order valence-corrected chi connectivity index (χ4v) is 3.15. The second-order valence-corrected chi connectivity index (χ2v) is 7.33. The minimum atomic E-state index is -3.50. The normalized spacial score (nSPS) is 11.6. The number of benzene rings is 2. The zero-order valence-electron chi connectivity index (χ0n) is 13.6. The SMILES string of the molecule is CNS(=O)(=O)c1ccc(C(=O)NCCc2nc3ccccc3[nH]2)cc1. The minimum Gasteiger partial charge on any atom is -0.352 e. The first-order chi connectivity index (χ1) is 12.0. The zero-order valence-corrected chi connectivity index (χ0v) is 14.4. The number of H-pyrrole nitrogens is 1. The molecule has 0 unspecified atom stereocenters. The van der Waals surface area contributed by atoms with E-state index < -0.39 is 10.0 Å². The molecule has 7 nitrogen and oxygen atoms in total. The number of amides is 1. The highest BCUT2D eigenvalue weighted by molar-refractivity contribution is 7.89. The first-order valence-corrected chi connectivity index (χ1v) is 9.23. The number of fused-ring (bicyclic) bond motifs is 1. The fraction of sp³-hybridized carbons (Fsp3) is 0.176. The van der Waals surface area contributed by atoms with E-state index in [1.807, 2.05) is 24.3 Å². The third kappa shape index (κ3) is 3.86. The molecule has 3 N–H and O–H groups in total. The van der Waals surface area contributed by atoms with E-state index in [4.69, 9.17) is 0 Å². The van der Waals surface area contributed by atoms with Crippen LogP contribution in [0.15, 0.2) is 53.4 Å². The molecule has 3 rings (SSSR count). The van der Waals surface area contributed by atoms with Gasteiger partial charge in [0, 0.05) is 18.5 Å². The molecular weight excluding hydrogens is 340 g/mol. The van der Waals surface area contributed by atoms with Crippen molar-refractivity contribution >= 4 is 27.0 Å². The van der Waals surface area contributed by atoms with Gasteiger partial charge in [0.2, 0.25) is 10.0 Å². The third-order valence-corrected chi connectivity index (χ3v) is 5.21. The molecule has 8 heteroatoms. The largest absolute Gasteiger partial charge is 0.352 e. The molecule has 1 amide bonds. The summed E-state index contributed by atoms with van der Waals surface area (Å²) in [4.78, 5) is 19.9. The number of aromatic amines is 1.